The number of piperidine rings is 1. The van der Waals surface area contributed by atoms with Gasteiger partial charge in [0.25, 0.3) is 0 Å². The van der Waals surface area contributed by atoms with Crippen LogP contribution >= 0.6 is 0 Å². The minimum absolute atomic E-state index is 0.250. The van der Waals surface area contributed by atoms with E-state index in [9.17, 15) is 25.5 Å². The van der Waals surface area contributed by atoms with E-state index in [0.717, 1.165) is 11.1 Å². The number of aliphatic hydroxyl groups is 5. The molecule has 0 saturated carbocycles. The first-order chi connectivity index (χ1) is 13.9. The summed E-state index contributed by atoms with van der Waals surface area (Å²) in [5.41, 5.74) is 2.56. The molecule has 5 N–H and O–H groups in total. The Morgan fingerprint density at radius 3 is 2.10 bits per heavy atom. The number of benzene rings is 2. The van der Waals surface area contributed by atoms with Gasteiger partial charge in [-0.2, -0.15) is 0 Å². The monoisotopic (exact) mass is 401 g/mol. The summed E-state index contributed by atoms with van der Waals surface area (Å²) in [6.07, 6.45) is -5.73. The third-order valence-electron chi connectivity index (χ3n) is 5.21. The molecule has 1 heterocycles. The minimum Gasteiger partial charge on any atom is -0.493 e. The zero-order valence-electron chi connectivity index (χ0n) is 16.0. The van der Waals surface area contributed by atoms with Crippen molar-refractivity contribution in [2.45, 2.75) is 37.0 Å². The summed E-state index contributed by atoms with van der Waals surface area (Å²) >= 11 is 0. The number of hydrogen-bond acceptors (Lipinski definition) is 7. The molecule has 0 aliphatic carbocycles. The van der Waals surface area contributed by atoms with Crippen LogP contribution < -0.4 is 4.74 Å². The van der Waals surface area contributed by atoms with Gasteiger partial charge < -0.3 is 35.2 Å². The Morgan fingerprint density at radius 2 is 1.48 bits per heavy atom. The van der Waals surface area contributed by atoms with E-state index in [1.807, 2.05) is 54.6 Å². The molecule has 5 atom stereocenters. The lowest BCUT2D eigenvalue weighted by molar-refractivity contribution is -0.213. The van der Waals surface area contributed by atoms with Gasteiger partial charge in [0.2, 0.25) is 0 Å². The van der Waals surface area contributed by atoms with Crippen LogP contribution in [0.15, 0.2) is 66.9 Å². The molecule has 0 radical (unpaired) electrons. The zero-order chi connectivity index (χ0) is 21.0. The molecule has 7 heteroatoms. The van der Waals surface area contributed by atoms with Crippen LogP contribution in [0.4, 0.5) is 0 Å². The van der Waals surface area contributed by atoms with E-state index in [-0.39, 0.29) is 6.61 Å². The van der Waals surface area contributed by atoms with Gasteiger partial charge in [0, 0.05) is 12.1 Å². The summed E-state index contributed by atoms with van der Waals surface area (Å²) in [5.74, 6) is 0.672. The third-order valence-corrected chi connectivity index (χ3v) is 5.21. The van der Waals surface area contributed by atoms with Gasteiger partial charge in [-0.1, -0.05) is 49.0 Å². The fourth-order valence-corrected chi connectivity index (χ4v) is 3.54. The molecule has 3 rings (SSSR count). The van der Waals surface area contributed by atoms with Crippen molar-refractivity contribution in [1.82, 2.24) is 4.90 Å². The normalized spacial score (nSPS) is 26.9. The van der Waals surface area contributed by atoms with Crippen molar-refractivity contribution in [1.29, 1.82) is 0 Å². The summed E-state index contributed by atoms with van der Waals surface area (Å²) < 4.78 is 5.73. The quantitative estimate of drug-likeness (QED) is 0.464. The highest BCUT2D eigenvalue weighted by Crippen LogP contribution is 2.28. The van der Waals surface area contributed by atoms with Gasteiger partial charge >= 0.3 is 0 Å². The average molecular weight is 401 g/mol. The van der Waals surface area contributed by atoms with Crippen LogP contribution in [-0.2, 0) is 0 Å². The van der Waals surface area contributed by atoms with Crippen molar-refractivity contribution in [2.75, 3.05) is 13.2 Å². The summed E-state index contributed by atoms with van der Waals surface area (Å²) in [7, 11) is 0. The number of nitrogens with zero attached hydrogens (tertiary/aromatic N) is 1. The molecule has 0 amide bonds. The third kappa shape index (κ3) is 4.60. The first-order valence-electron chi connectivity index (χ1n) is 9.51. The van der Waals surface area contributed by atoms with E-state index >= 15 is 0 Å². The highest BCUT2D eigenvalue weighted by molar-refractivity contribution is 5.63. The van der Waals surface area contributed by atoms with Gasteiger partial charge in [-0.15, -0.1) is 0 Å². The highest BCUT2D eigenvalue weighted by atomic mass is 16.5. The zero-order valence-corrected chi connectivity index (χ0v) is 16.0. The predicted molar refractivity (Wildman–Crippen MR) is 108 cm³/mol. The molecule has 1 aliphatic heterocycles. The van der Waals surface area contributed by atoms with Crippen molar-refractivity contribution < 1.29 is 30.3 Å². The Morgan fingerprint density at radius 1 is 0.862 bits per heavy atom. The second-order valence-electron chi connectivity index (χ2n) is 7.10. The lowest BCUT2D eigenvalue weighted by Gasteiger charge is -2.48. The number of likely N-dealkylation sites (tertiary alicyclic amines) is 1. The van der Waals surface area contributed by atoms with Gasteiger partial charge in [-0.3, -0.25) is 0 Å². The summed E-state index contributed by atoms with van der Waals surface area (Å²) in [6, 6.07) is 16.7. The van der Waals surface area contributed by atoms with Gasteiger partial charge in [-0.05, 0) is 23.3 Å². The molecule has 2 aromatic rings. The molecule has 0 spiro atoms. The van der Waals surface area contributed by atoms with Gasteiger partial charge in [0.15, 0.2) is 6.23 Å². The maximum absolute atomic E-state index is 10.2. The van der Waals surface area contributed by atoms with Gasteiger partial charge in [-0.25, -0.2) is 0 Å². The summed E-state index contributed by atoms with van der Waals surface area (Å²) in [5, 5.41) is 49.6. The molecular formula is C22H27NO6. The fraction of sp³-hybridized carbons (Fsp3) is 0.364. The molecular weight excluding hydrogens is 374 g/mol. The van der Waals surface area contributed by atoms with Crippen molar-refractivity contribution in [3.8, 4) is 16.9 Å². The number of rotatable bonds is 7. The largest absolute Gasteiger partial charge is 0.493 e. The maximum Gasteiger partial charge on any atom is 0.156 e. The topological polar surface area (TPSA) is 114 Å². The van der Waals surface area contributed by atoms with Crippen LogP contribution in [0.3, 0.4) is 0 Å². The first kappa shape index (κ1) is 21.3. The van der Waals surface area contributed by atoms with Crippen molar-refractivity contribution in [2.24, 2.45) is 0 Å². The Bertz CT molecular complexity index is 797. The van der Waals surface area contributed by atoms with E-state index in [1.54, 1.807) is 0 Å². The second kappa shape index (κ2) is 9.39. The molecule has 1 fully saturated rings. The molecule has 29 heavy (non-hydrogen) atoms. The summed E-state index contributed by atoms with van der Waals surface area (Å²) in [6.45, 7) is 3.62. The Balaban J connectivity index is 1.57. The van der Waals surface area contributed by atoms with Crippen LogP contribution in [0.5, 0.6) is 5.75 Å². The smallest absolute Gasteiger partial charge is 0.156 e. The molecule has 156 valence electrons. The molecule has 7 nitrogen and oxygen atoms in total. The van der Waals surface area contributed by atoms with E-state index in [2.05, 4.69) is 6.58 Å². The molecule has 1 unspecified atom stereocenters. The predicted octanol–water partition coefficient (Wildman–Crippen LogP) is 0.714. The van der Waals surface area contributed by atoms with E-state index in [0.29, 0.717) is 17.9 Å². The number of ether oxygens (including phenoxy) is 1. The molecule has 1 saturated heterocycles. The van der Waals surface area contributed by atoms with E-state index in [1.165, 1.54) is 4.90 Å². The van der Waals surface area contributed by atoms with Crippen molar-refractivity contribution in [3.63, 3.8) is 0 Å². The molecule has 0 bridgehead atoms. The Labute approximate surface area is 169 Å². The maximum atomic E-state index is 10.2. The molecule has 2 aromatic carbocycles. The summed E-state index contributed by atoms with van der Waals surface area (Å²) in [4.78, 5) is 1.24. The highest BCUT2D eigenvalue weighted by Gasteiger charge is 2.47. The minimum atomic E-state index is -1.57. The van der Waals surface area contributed by atoms with E-state index in [4.69, 9.17) is 4.74 Å². The Kier molecular flexibility index (Phi) is 6.89. The van der Waals surface area contributed by atoms with Crippen molar-refractivity contribution >= 4 is 0 Å². The van der Waals surface area contributed by atoms with Crippen LogP contribution in [-0.4, -0.2) is 74.2 Å². The second-order valence-corrected chi connectivity index (χ2v) is 7.10. The lowest BCUT2D eigenvalue weighted by atomic mass is 9.92. The molecule has 1 aliphatic rings. The lowest BCUT2D eigenvalue weighted by Crippen LogP contribution is -2.66. The van der Waals surface area contributed by atoms with Crippen LogP contribution in [0.25, 0.3) is 11.1 Å². The van der Waals surface area contributed by atoms with Crippen LogP contribution in [0.2, 0.25) is 0 Å². The molecule has 0 aromatic heterocycles. The first-order valence-corrected chi connectivity index (χ1v) is 9.51. The average Bonchev–Trinajstić information content (AvgIpc) is 2.75. The van der Waals surface area contributed by atoms with Crippen LogP contribution in [0, 0.1) is 0 Å². The van der Waals surface area contributed by atoms with Gasteiger partial charge in [0.05, 0.1) is 19.3 Å². The number of aliphatic hydroxyl groups excluding tert-OH is 5. The van der Waals surface area contributed by atoms with Crippen LogP contribution in [0.1, 0.15) is 6.42 Å². The number of hydrogen-bond donors (Lipinski definition) is 5. The van der Waals surface area contributed by atoms with Gasteiger partial charge in [0.1, 0.15) is 24.1 Å². The Hall–Kier alpha value is -2.42. The van der Waals surface area contributed by atoms with Crippen molar-refractivity contribution in [3.05, 3.63) is 66.9 Å². The standard InChI is InChI=1S/C22H27NO6/c1-14(23-18(13-24)19(25)20(26)21(27)22(23)28)11-12-29-17-9-7-16(8-10-17)15-5-3-2-4-6-15/h2-10,18-22,24-28H,1,11-13H2/t18-,19-,20+,21-,22?/m1/s1. The van der Waals surface area contributed by atoms with E-state index < -0.39 is 37.2 Å². The SMILES string of the molecule is C=C(CCOc1ccc(-c2ccccc2)cc1)N1C(O)[C@H](O)[C@@H](O)[C@H](O)[C@H]1CO. The fourth-order valence-electron chi connectivity index (χ4n) is 3.54.